The van der Waals surface area contributed by atoms with Gasteiger partial charge in [-0.25, -0.2) is 4.68 Å². The number of rotatable bonds is 5. The molecule has 2 aliphatic heterocycles. The molecule has 4 heterocycles. The van der Waals surface area contributed by atoms with Gasteiger partial charge in [0, 0.05) is 19.6 Å². The van der Waals surface area contributed by atoms with Crippen LogP contribution in [0.4, 0.5) is 0 Å². The first-order chi connectivity index (χ1) is 17.6. The zero-order chi connectivity index (χ0) is 26.3. The number of nitrogens with one attached hydrogen (secondary N) is 1. The summed E-state index contributed by atoms with van der Waals surface area (Å²) >= 11 is 7.12. The van der Waals surface area contributed by atoms with Crippen LogP contribution < -0.4 is 5.32 Å². The van der Waals surface area contributed by atoms with E-state index in [0.29, 0.717) is 41.1 Å². The van der Waals surface area contributed by atoms with E-state index in [9.17, 15) is 14.4 Å². The van der Waals surface area contributed by atoms with Gasteiger partial charge in [0.25, 0.3) is 11.8 Å². The Morgan fingerprint density at radius 2 is 1.89 bits per heavy atom. The molecule has 0 unspecified atom stereocenters. The average molecular weight is 542 g/mol. The molecule has 194 valence electrons. The Morgan fingerprint density at radius 1 is 1.14 bits per heavy atom. The van der Waals surface area contributed by atoms with Crippen LogP contribution >= 0.6 is 22.9 Å². The largest absolute Gasteiger partial charge is 0.372 e. The van der Waals surface area contributed by atoms with Crippen molar-refractivity contribution >= 4 is 40.7 Å². The minimum absolute atomic E-state index is 0.169. The zero-order valence-electron chi connectivity index (χ0n) is 20.8. The Kier molecular flexibility index (Phi) is 6.82. The molecule has 2 aliphatic rings. The molecule has 0 bridgehead atoms. The molecule has 37 heavy (non-hydrogen) atoms. The Labute approximate surface area is 223 Å². The number of aromatic nitrogens is 2. The van der Waals surface area contributed by atoms with E-state index in [-0.39, 0.29) is 29.9 Å². The molecule has 5 rings (SSSR count). The smallest absolute Gasteiger partial charge is 0.272 e. The van der Waals surface area contributed by atoms with Crippen molar-refractivity contribution in [1.29, 1.82) is 0 Å². The van der Waals surface area contributed by atoms with Crippen LogP contribution in [-0.4, -0.2) is 81.2 Å². The fourth-order valence-corrected chi connectivity index (χ4v) is 5.82. The van der Waals surface area contributed by atoms with Crippen LogP contribution in [0.5, 0.6) is 0 Å². The van der Waals surface area contributed by atoms with Gasteiger partial charge in [-0.15, -0.1) is 11.3 Å². The van der Waals surface area contributed by atoms with Gasteiger partial charge in [0.15, 0.2) is 0 Å². The van der Waals surface area contributed by atoms with Crippen molar-refractivity contribution in [2.45, 2.75) is 38.5 Å². The van der Waals surface area contributed by atoms with E-state index in [1.807, 2.05) is 37.3 Å². The van der Waals surface area contributed by atoms with Gasteiger partial charge in [0.1, 0.15) is 11.2 Å². The van der Waals surface area contributed by atoms with Gasteiger partial charge in [0.2, 0.25) is 5.91 Å². The molecular formula is C26H28ClN5O4S. The number of likely N-dealkylation sites (tertiary alicyclic amines) is 1. The summed E-state index contributed by atoms with van der Waals surface area (Å²) in [5.41, 5.74) is 0.840. The number of amides is 3. The highest BCUT2D eigenvalue weighted by Crippen LogP contribution is 2.28. The number of thiophene rings is 1. The SMILES string of the molecule is Cc1cc(C(=O)N2C[C@@H]3[C@@H](C2)OCCN3C(=O)C(C)(C)NC(=O)c2ccc(Cl)s2)n(-c2ccccc2)n1. The second kappa shape index (κ2) is 9.92. The third-order valence-corrected chi connectivity index (χ3v) is 7.89. The highest BCUT2D eigenvalue weighted by Gasteiger charge is 2.47. The number of hydrogen-bond acceptors (Lipinski definition) is 6. The Bertz CT molecular complexity index is 1340. The fourth-order valence-electron chi connectivity index (χ4n) is 4.88. The lowest BCUT2D eigenvalue weighted by Gasteiger charge is -2.41. The molecule has 2 saturated heterocycles. The van der Waals surface area contributed by atoms with Crippen LogP contribution in [0.1, 0.15) is 39.7 Å². The van der Waals surface area contributed by atoms with E-state index < -0.39 is 5.54 Å². The standard InChI is InChI=1S/C26H28ClN5O4S/c1-16-13-18(32(29-16)17-7-5-4-6-8-17)24(34)30-14-19-20(15-30)36-12-11-31(19)25(35)26(2,3)28-23(33)21-9-10-22(27)37-21/h4-10,13,19-20H,11-12,14-15H2,1-3H3,(H,28,33)/t19-,20-/m1/s1. The van der Waals surface area contributed by atoms with Gasteiger partial charge in [-0.3, -0.25) is 14.4 Å². The summed E-state index contributed by atoms with van der Waals surface area (Å²) in [5, 5.41) is 7.36. The van der Waals surface area contributed by atoms with Crippen LogP contribution in [0, 0.1) is 6.92 Å². The molecule has 3 aromatic rings. The lowest BCUT2D eigenvalue weighted by atomic mass is 10.00. The van der Waals surface area contributed by atoms with Gasteiger partial charge < -0.3 is 19.9 Å². The van der Waals surface area contributed by atoms with Crippen molar-refractivity contribution in [3.05, 3.63) is 69.1 Å². The molecule has 2 atom stereocenters. The Morgan fingerprint density at radius 3 is 2.59 bits per heavy atom. The maximum atomic E-state index is 13.6. The van der Waals surface area contributed by atoms with E-state index >= 15 is 0 Å². The molecule has 0 spiro atoms. The lowest BCUT2D eigenvalue weighted by Crippen LogP contribution is -2.62. The summed E-state index contributed by atoms with van der Waals surface area (Å²) in [6, 6.07) is 14.3. The number of hydrogen-bond donors (Lipinski definition) is 1. The Balaban J connectivity index is 1.32. The molecule has 0 saturated carbocycles. The highest BCUT2D eigenvalue weighted by atomic mass is 35.5. The lowest BCUT2D eigenvalue weighted by molar-refractivity contribution is -0.148. The molecule has 0 aliphatic carbocycles. The topological polar surface area (TPSA) is 96.8 Å². The van der Waals surface area contributed by atoms with Crippen molar-refractivity contribution in [2.24, 2.45) is 0 Å². The minimum atomic E-state index is -1.16. The summed E-state index contributed by atoms with van der Waals surface area (Å²) in [5.74, 6) is -0.744. The van der Waals surface area contributed by atoms with Gasteiger partial charge in [-0.1, -0.05) is 29.8 Å². The van der Waals surface area contributed by atoms with Crippen molar-refractivity contribution in [3.8, 4) is 5.69 Å². The van der Waals surface area contributed by atoms with Crippen LogP contribution in [-0.2, 0) is 9.53 Å². The molecule has 11 heteroatoms. The summed E-state index contributed by atoms with van der Waals surface area (Å²) in [6.45, 7) is 6.67. The van der Waals surface area contributed by atoms with Gasteiger partial charge in [-0.2, -0.15) is 5.10 Å². The second-order valence-electron chi connectivity index (χ2n) is 9.79. The van der Waals surface area contributed by atoms with E-state index in [0.717, 1.165) is 22.7 Å². The van der Waals surface area contributed by atoms with E-state index in [4.69, 9.17) is 16.3 Å². The summed E-state index contributed by atoms with van der Waals surface area (Å²) in [6.07, 6.45) is -0.307. The molecular weight excluding hydrogens is 514 g/mol. The van der Waals surface area contributed by atoms with Crippen LogP contribution in [0.2, 0.25) is 4.34 Å². The third-order valence-electron chi connectivity index (χ3n) is 6.66. The normalized spacial score (nSPS) is 19.6. The van der Waals surface area contributed by atoms with Crippen LogP contribution in [0.3, 0.4) is 0 Å². The number of ether oxygens (including phenoxy) is 1. The number of morpholine rings is 1. The summed E-state index contributed by atoms with van der Waals surface area (Å²) < 4.78 is 8.13. The van der Waals surface area contributed by atoms with Crippen LogP contribution in [0.15, 0.2) is 48.5 Å². The first-order valence-corrected chi connectivity index (χ1v) is 13.3. The van der Waals surface area contributed by atoms with Gasteiger partial charge in [0.05, 0.1) is 39.3 Å². The Hall–Kier alpha value is -3.21. The average Bonchev–Trinajstić information content (AvgIpc) is 3.61. The quantitative estimate of drug-likeness (QED) is 0.535. The molecule has 3 amide bonds. The molecule has 9 nitrogen and oxygen atoms in total. The number of fused-ring (bicyclic) bond motifs is 1. The highest BCUT2D eigenvalue weighted by molar-refractivity contribution is 7.18. The summed E-state index contributed by atoms with van der Waals surface area (Å²) in [4.78, 5) is 43.9. The minimum Gasteiger partial charge on any atom is -0.372 e. The van der Waals surface area contributed by atoms with Gasteiger partial charge >= 0.3 is 0 Å². The van der Waals surface area contributed by atoms with Crippen molar-refractivity contribution in [1.82, 2.24) is 24.9 Å². The number of halogens is 1. The third kappa shape index (κ3) is 5.01. The number of para-hydroxylation sites is 1. The van der Waals surface area contributed by atoms with Crippen LogP contribution in [0.25, 0.3) is 5.69 Å². The molecule has 2 fully saturated rings. The summed E-state index contributed by atoms with van der Waals surface area (Å²) in [7, 11) is 0. The number of aryl methyl sites for hydroxylation is 1. The first kappa shape index (κ1) is 25.4. The predicted molar refractivity (Wildman–Crippen MR) is 140 cm³/mol. The van der Waals surface area contributed by atoms with Gasteiger partial charge in [-0.05, 0) is 51.1 Å². The van der Waals surface area contributed by atoms with E-state index in [1.54, 1.807) is 46.5 Å². The van der Waals surface area contributed by atoms with Crippen molar-refractivity contribution in [2.75, 3.05) is 26.2 Å². The molecule has 2 aromatic heterocycles. The number of carbonyl (C=O) groups is 3. The van der Waals surface area contributed by atoms with Crippen molar-refractivity contribution in [3.63, 3.8) is 0 Å². The fraction of sp³-hybridized carbons (Fsp3) is 0.385. The maximum Gasteiger partial charge on any atom is 0.272 e. The second-order valence-corrected chi connectivity index (χ2v) is 11.5. The van der Waals surface area contributed by atoms with Crippen molar-refractivity contribution < 1.29 is 19.1 Å². The monoisotopic (exact) mass is 541 g/mol. The number of nitrogens with zero attached hydrogens (tertiary/aromatic N) is 4. The number of benzene rings is 1. The molecule has 1 aromatic carbocycles. The molecule has 0 radical (unpaired) electrons. The molecule has 1 N–H and O–H groups in total. The van der Waals surface area contributed by atoms with E-state index in [2.05, 4.69) is 10.4 Å². The predicted octanol–water partition coefficient (Wildman–Crippen LogP) is 3.16. The first-order valence-electron chi connectivity index (χ1n) is 12.1. The zero-order valence-corrected chi connectivity index (χ0v) is 22.4. The van der Waals surface area contributed by atoms with E-state index in [1.165, 1.54) is 0 Å². The maximum absolute atomic E-state index is 13.6. The number of carbonyl (C=O) groups excluding carboxylic acids is 3.